The van der Waals surface area contributed by atoms with Crippen molar-refractivity contribution in [3.63, 3.8) is 0 Å². The summed E-state index contributed by atoms with van der Waals surface area (Å²) in [5.41, 5.74) is -0.474. The molecule has 0 aromatic carbocycles. The van der Waals surface area contributed by atoms with Gasteiger partial charge in [0.15, 0.2) is 0 Å². The quantitative estimate of drug-likeness (QED) is 0.417. The van der Waals surface area contributed by atoms with E-state index in [2.05, 4.69) is 6.92 Å². The molecule has 0 aromatic rings. The molecule has 0 fully saturated rings. The molecule has 0 heterocycles. The largest absolute Gasteiger partial charge is 0.459 e. The Morgan fingerprint density at radius 2 is 1.80 bits per heavy atom. The van der Waals surface area contributed by atoms with E-state index in [9.17, 15) is 13.6 Å². The Labute approximate surface area is 126 Å². The van der Waals surface area contributed by atoms with Crippen molar-refractivity contribution in [1.82, 2.24) is 0 Å². The second-order valence-corrected chi connectivity index (χ2v) is 7.23. The normalized spacial score (nSPS) is 13.6. The zero-order chi connectivity index (χ0) is 15.6. The van der Waals surface area contributed by atoms with E-state index in [0.29, 0.717) is 6.42 Å². The summed E-state index contributed by atoms with van der Waals surface area (Å²) in [6.07, 6.45) is 1.78. The van der Waals surface area contributed by atoms with Crippen molar-refractivity contribution in [3.8, 4) is 0 Å². The highest BCUT2D eigenvalue weighted by atomic mass is 32.2. The number of hydrogen-bond donors (Lipinski definition) is 0. The molecule has 20 heavy (non-hydrogen) atoms. The number of alkyl halides is 2. The molecule has 0 rings (SSSR count). The molecule has 120 valence electrons. The van der Waals surface area contributed by atoms with Crippen LogP contribution in [0.1, 0.15) is 66.2 Å². The third kappa shape index (κ3) is 11.5. The molecular formula is C15H28F2O2S. The number of unbranched alkanes of at least 4 members (excludes halogenated alkanes) is 2. The number of halogens is 2. The average Bonchev–Trinajstić information content (AvgIpc) is 2.29. The van der Waals surface area contributed by atoms with Crippen LogP contribution in [0.25, 0.3) is 0 Å². The monoisotopic (exact) mass is 310 g/mol. The highest BCUT2D eigenvalue weighted by Crippen LogP contribution is 2.23. The maximum Gasteiger partial charge on any atom is 0.319 e. The number of ether oxygens (including phenoxy) is 1. The molecule has 1 atom stereocenters. The minimum absolute atomic E-state index is 0.0490. The summed E-state index contributed by atoms with van der Waals surface area (Å²) >= 11 is 1.54. The number of thioether (sulfide) groups is 1. The zero-order valence-electron chi connectivity index (χ0n) is 13.1. The van der Waals surface area contributed by atoms with Crippen LogP contribution >= 0.6 is 11.8 Å². The van der Waals surface area contributed by atoms with Gasteiger partial charge in [-0.25, -0.2) is 8.78 Å². The number of rotatable bonds is 10. The lowest BCUT2D eigenvalue weighted by Crippen LogP contribution is -2.30. The van der Waals surface area contributed by atoms with E-state index in [1.165, 1.54) is 0 Å². The van der Waals surface area contributed by atoms with Gasteiger partial charge in [-0.3, -0.25) is 4.79 Å². The van der Waals surface area contributed by atoms with E-state index in [1.54, 1.807) is 11.8 Å². The van der Waals surface area contributed by atoms with Crippen LogP contribution in [-0.2, 0) is 9.53 Å². The Kier molecular flexibility index (Phi) is 10.2. The van der Waals surface area contributed by atoms with Crippen LogP contribution in [0.3, 0.4) is 0 Å². The smallest absolute Gasteiger partial charge is 0.319 e. The molecule has 0 saturated heterocycles. The first-order valence-corrected chi connectivity index (χ1v) is 8.43. The van der Waals surface area contributed by atoms with Gasteiger partial charge in [-0.1, -0.05) is 19.8 Å². The molecule has 0 radical (unpaired) electrons. The standard InChI is InChI=1S/C15H28F2O2S/c1-5-6-9-12(14(18)19-15(2,3)4)20-11-8-7-10-13(16)17/h12-13H,5-11H2,1-4H3. The SMILES string of the molecule is CCCCC(SCCCCC(F)F)C(=O)OC(C)(C)C. The summed E-state index contributed by atoms with van der Waals surface area (Å²) in [5.74, 6) is 0.560. The zero-order valence-corrected chi connectivity index (χ0v) is 13.9. The first kappa shape index (κ1) is 19.7. The molecule has 0 aliphatic rings. The first-order valence-electron chi connectivity index (χ1n) is 7.39. The van der Waals surface area contributed by atoms with Crippen LogP contribution in [0.15, 0.2) is 0 Å². The molecule has 0 aliphatic heterocycles. The summed E-state index contributed by atoms with van der Waals surface area (Å²) in [5, 5.41) is -0.166. The highest BCUT2D eigenvalue weighted by Gasteiger charge is 2.24. The lowest BCUT2D eigenvalue weighted by molar-refractivity contribution is -0.154. The van der Waals surface area contributed by atoms with Gasteiger partial charge in [0.05, 0.1) is 0 Å². The van der Waals surface area contributed by atoms with Crippen molar-refractivity contribution in [2.24, 2.45) is 0 Å². The van der Waals surface area contributed by atoms with Gasteiger partial charge in [0.1, 0.15) is 10.9 Å². The van der Waals surface area contributed by atoms with E-state index >= 15 is 0 Å². The highest BCUT2D eigenvalue weighted by molar-refractivity contribution is 8.00. The fraction of sp³-hybridized carbons (Fsp3) is 0.933. The minimum atomic E-state index is -2.22. The fourth-order valence-electron chi connectivity index (χ4n) is 1.65. The maximum absolute atomic E-state index is 12.1. The molecule has 0 aromatic heterocycles. The topological polar surface area (TPSA) is 26.3 Å². The number of carbonyl (C=O) groups is 1. The van der Waals surface area contributed by atoms with Gasteiger partial charge in [0.25, 0.3) is 0 Å². The van der Waals surface area contributed by atoms with Gasteiger partial charge in [0, 0.05) is 6.42 Å². The predicted octanol–water partition coefficient (Wildman–Crippen LogP) is 5.06. The third-order valence-electron chi connectivity index (χ3n) is 2.63. The number of esters is 1. The van der Waals surface area contributed by atoms with Crippen molar-refractivity contribution >= 4 is 17.7 Å². The van der Waals surface area contributed by atoms with Crippen LogP contribution in [-0.4, -0.2) is 29.0 Å². The van der Waals surface area contributed by atoms with Crippen molar-refractivity contribution in [2.75, 3.05) is 5.75 Å². The summed E-state index contributed by atoms with van der Waals surface area (Å²) in [7, 11) is 0. The predicted molar refractivity (Wildman–Crippen MR) is 81.5 cm³/mol. The summed E-state index contributed by atoms with van der Waals surface area (Å²) in [6.45, 7) is 7.65. The maximum atomic E-state index is 12.1. The molecule has 0 spiro atoms. The lowest BCUT2D eigenvalue weighted by atomic mass is 10.1. The molecule has 0 N–H and O–H groups in total. The molecule has 1 unspecified atom stereocenters. The van der Waals surface area contributed by atoms with E-state index < -0.39 is 12.0 Å². The van der Waals surface area contributed by atoms with Crippen molar-refractivity contribution in [1.29, 1.82) is 0 Å². The fourth-order valence-corrected chi connectivity index (χ4v) is 2.83. The summed E-state index contributed by atoms with van der Waals surface area (Å²) < 4.78 is 29.5. The van der Waals surface area contributed by atoms with Crippen molar-refractivity contribution < 1.29 is 18.3 Å². The Bertz CT molecular complexity index is 265. The molecule has 0 aliphatic carbocycles. The Balaban J connectivity index is 4.10. The summed E-state index contributed by atoms with van der Waals surface area (Å²) in [4.78, 5) is 12.1. The van der Waals surface area contributed by atoms with Gasteiger partial charge in [-0.05, 0) is 45.8 Å². The van der Waals surface area contributed by atoms with Crippen molar-refractivity contribution in [3.05, 3.63) is 0 Å². The molecular weight excluding hydrogens is 282 g/mol. The first-order chi connectivity index (χ1) is 9.26. The average molecular weight is 310 g/mol. The van der Waals surface area contributed by atoms with Crippen LogP contribution in [0, 0.1) is 0 Å². The van der Waals surface area contributed by atoms with E-state index in [0.717, 1.165) is 31.4 Å². The van der Waals surface area contributed by atoms with E-state index in [4.69, 9.17) is 4.74 Å². The Morgan fingerprint density at radius 1 is 1.15 bits per heavy atom. The van der Waals surface area contributed by atoms with E-state index in [1.807, 2.05) is 20.8 Å². The number of hydrogen-bond acceptors (Lipinski definition) is 3. The van der Waals surface area contributed by atoms with Crippen LogP contribution in [0.4, 0.5) is 8.78 Å². The minimum Gasteiger partial charge on any atom is -0.459 e. The molecule has 0 saturated carbocycles. The van der Waals surface area contributed by atoms with Gasteiger partial charge >= 0.3 is 5.97 Å². The Hall–Kier alpha value is -0.320. The van der Waals surface area contributed by atoms with Gasteiger partial charge in [0.2, 0.25) is 6.43 Å². The number of carbonyl (C=O) groups excluding carboxylic acids is 1. The van der Waals surface area contributed by atoms with Crippen LogP contribution < -0.4 is 0 Å². The van der Waals surface area contributed by atoms with E-state index in [-0.39, 0.29) is 17.6 Å². The molecule has 5 heteroatoms. The third-order valence-corrected chi connectivity index (χ3v) is 3.98. The molecule has 0 bridgehead atoms. The Morgan fingerprint density at radius 3 is 2.30 bits per heavy atom. The molecule has 0 amide bonds. The second-order valence-electron chi connectivity index (χ2n) is 5.92. The molecule has 2 nitrogen and oxygen atoms in total. The second kappa shape index (κ2) is 10.4. The lowest BCUT2D eigenvalue weighted by Gasteiger charge is -2.23. The van der Waals surface area contributed by atoms with Crippen LogP contribution in [0.5, 0.6) is 0 Å². The van der Waals surface area contributed by atoms with Crippen LogP contribution in [0.2, 0.25) is 0 Å². The van der Waals surface area contributed by atoms with Crippen molar-refractivity contribution in [2.45, 2.75) is 83.5 Å². The van der Waals surface area contributed by atoms with Gasteiger partial charge < -0.3 is 4.74 Å². The summed E-state index contributed by atoms with van der Waals surface area (Å²) in [6, 6.07) is 0. The van der Waals surface area contributed by atoms with Gasteiger partial charge in [-0.2, -0.15) is 0 Å². The van der Waals surface area contributed by atoms with Gasteiger partial charge in [-0.15, -0.1) is 11.8 Å².